The lowest BCUT2D eigenvalue weighted by Gasteiger charge is -2.22. The highest BCUT2D eigenvalue weighted by atomic mass is 16.1. The van der Waals surface area contributed by atoms with Crippen molar-refractivity contribution in [3.8, 4) is 12.5 Å². The molecular formula is C10H16N4O. The standard InChI is InChI=1S/C8H13N3O.C2H3N/c1-2-3-7-10-4-6(5-12)8(9)11-7;1-2-3/h3-6,8,11H,2,9H2,1H3;1H,3H2/b7-3-;. The number of hydrogen-bond acceptors (Lipinski definition) is 5. The topological polar surface area (TPSA) is 93.5 Å². The Hall–Kier alpha value is -1.80. The van der Waals surface area contributed by atoms with Crippen LogP contribution in [0.5, 0.6) is 0 Å². The Morgan fingerprint density at radius 2 is 2.40 bits per heavy atom. The fraction of sp³-hybridized carbons (Fsp3) is 0.400. The van der Waals surface area contributed by atoms with E-state index >= 15 is 0 Å². The molecule has 0 fully saturated rings. The molecule has 15 heavy (non-hydrogen) atoms. The van der Waals surface area contributed by atoms with Crippen molar-refractivity contribution in [2.45, 2.75) is 19.5 Å². The molecule has 0 saturated carbocycles. The van der Waals surface area contributed by atoms with E-state index in [1.165, 1.54) is 0 Å². The molecule has 0 saturated heterocycles. The fourth-order valence-corrected chi connectivity index (χ4v) is 0.988. The largest absolute Gasteiger partial charge is 0.360 e. The molecule has 0 amide bonds. The number of nitrogens with zero attached hydrogens (tertiary/aromatic N) is 1. The summed E-state index contributed by atoms with van der Waals surface area (Å²) in [5, 5.41) is 2.93. The number of hydrogen-bond donors (Lipinski definition) is 3. The number of allylic oxidation sites excluding steroid dienone is 1. The van der Waals surface area contributed by atoms with E-state index in [1.807, 2.05) is 13.0 Å². The van der Waals surface area contributed by atoms with Crippen molar-refractivity contribution < 1.29 is 4.79 Å². The van der Waals surface area contributed by atoms with Crippen LogP contribution in [0.3, 0.4) is 0 Å². The Kier molecular flexibility index (Phi) is 6.68. The lowest BCUT2D eigenvalue weighted by Crippen LogP contribution is -2.46. The second kappa shape index (κ2) is 7.59. The zero-order chi connectivity index (χ0) is 11.7. The summed E-state index contributed by atoms with van der Waals surface area (Å²) in [6, 6.07) is 1.75. The SMILES string of the molecule is C#CN.CC/C=C1/N=CC(C=O)C(N)N1. The van der Waals surface area contributed by atoms with E-state index in [1.54, 1.807) is 12.3 Å². The van der Waals surface area contributed by atoms with E-state index in [0.29, 0.717) is 0 Å². The first-order chi connectivity index (χ1) is 7.19. The maximum absolute atomic E-state index is 10.4. The number of terminal acetylenes is 1. The lowest BCUT2D eigenvalue weighted by atomic mass is 10.1. The van der Waals surface area contributed by atoms with Gasteiger partial charge in [-0.25, -0.2) is 4.99 Å². The molecule has 0 aromatic rings. The van der Waals surface area contributed by atoms with Gasteiger partial charge in [0, 0.05) is 6.21 Å². The van der Waals surface area contributed by atoms with E-state index in [9.17, 15) is 4.79 Å². The molecule has 1 aliphatic heterocycles. The lowest BCUT2D eigenvalue weighted by molar-refractivity contribution is -0.109. The van der Waals surface area contributed by atoms with Gasteiger partial charge in [-0.05, 0) is 18.5 Å². The molecule has 0 bridgehead atoms. The number of aliphatic imine (C=N–C) groups is 1. The van der Waals surface area contributed by atoms with Crippen LogP contribution in [0.1, 0.15) is 13.3 Å². The fourth-order valence-electron chi connectivity index (χ4n) is 0.988. The van der Waals surface area contributed by atoms with Gasteiger partial charge in [0.05, 0.1) is 12.1 Å². The first kappa shape index (κ1) is 13.2. The average Bonchev–Trinajstić information content (AvgIpc) is 2.20. The Balaban J connectivity index is 0.000000583. The van der Waals surface area contributed by atoms with Crippen molar-refractivity contribution in [3.05, 3.63) is 11.9 Å². The van der Waals surface area contributed by atoms with Gasteiger partial charge in [0.1, 0.15) is 12.1 Å². The maximum Gasteiger partial charge on any atom is 0.131 e. The first-order valence-corrected chi connectivity index (χ1v) is 4.57. The summed E-state index contributed by atoms with van der Waals surface area (Å²) in [7, 11) is 0. The molecule has 2 atom stereocenters. The van der Waals surface area contributed by atoms with Crippen molar-refractivity contribution >= 4 is 12.5 Å². The number of aldehydes is 1. The van der Waals surface area contributed by atoms with Crippen LogP contribution in [-0.2, 0) is 4.79 Å². The molecule has 5 nitrogen and oxygen atoms in total. The van der Waals surface area contributed by atoms with Gasteiger partial charge < -0.3 is 21.6 Å². The molecule has 1 aliphatic rings. The summed E-state index contributed by atoms with van der Waals surface area (Å²) in [6.07, 6.45) is 9.24. The summed E-state index contributed by atoms with van der Waals surface area (Å²) in [4.78, 5) is 14.4. The van der Waals surface area contributed by atoms with Gasteiger partial charge in [-0.2, -0.15) is 0 Å². The third-order valence-electron chi connectivity index (χ3n) is 1.67. The van der Waals surface area contributed by atoms with E-state index in [4.69, 9.17) is 5.73 Å². The predicted molar refractivity (Wildman–Crippen MR) is 60.6 cm³/mol. The van der Waals surface area contributed by atoms with Gasteiger partial charge in [0.2, 0.25) is 0 Å². The first-order valence-electron chi connectivity index (χ1n) is 4.57. The van der Waals surface area contributed by atoms with Crippen molar-refractivity contribution in [3.63, 3.8) is 0 Å². The quantitative estimate of drug-likeness (QED) is 0.325. The molecule has 5 heteroatoms. The Morgan fingerprint density at radius 1 is 1.80 bits per heavy atom. The molecule has 2 unspecified atom stereocenters. The van der Waals surface area contributed by atoms with Gasteiger partial charge >= 0.3 is 0 Å². The molecule has 1 heterocycles. The van der Waals surface area contributed by atoms with Crippen LogP contribution in [0.25, 0.3) is 0 Å². The number of nitrogens with two attached hydrogens (primary N) is 2. The second-order valence-corrected chi connectivity index (χ2v) is 2.83. The molecule has 5 N–H and O–H groups in total. The summed E-state index contributed by atoms with van der Waals surface area (Å²) in [5.41, 5.74) is 10.0. The van der Waals surface area contributed by atoms with Crippen molar-refractivity contribution in [1.29, 1.82) is 0 Å². The highest BCUT2D eigenvalue weighted by molar-refractivity contribution is 5.83. The van der Waals surface area contributed by atoms with Crippen molar-refractivity contribution in [2.24, 2.45) is 22.4 Å². The molecule has 0 spiro atoms. The van der Waals surface area contributed by atoms with Gasteiger partial charge in [0.25, 0.3) is 0 Å². The molecular weight excluding hydrogens is 192 g/mol. The highest BCUT2D eigenvalue weighted by Gasteiger charge is 2.18. The number of nitrogens with one attached hydrogen (secondary N) is 1. The zero-order valence-corrected chi connectivity index (χ0v) is 8.68. The Morgan fingerprint density at radius 3 is 2.80 bits per heavy atom. The maximum atomic E-state index is 10.4. The van der Waals surface area contributed by atoms with Crippen LogP contribution in [-0.4, -0.2) is 18.7 Å². The van der Waals surface area contributed by atoms with Crippen LogP contribution in [0, 0.1) is 18.4 Å². The minimum Gasteiger partial charge on any atom is -0.360 e. The molecule has 0 aliphatic carbocycles. The molecule has 82 valence electrons. The van der Waals surface area contributed by atoms with Crippen LogP contribution in [0.15, 0.2) is 16.9 Å². The molecule has 0 aromatic heterocycles. The number of rotatable bonds is 2. The number of carbonyl (C=O) groups is 1. The van der Waals surface area contributed by atoms with E-state index in [0.717, 1.165) is 18.5 Å². The monoisotopic (exact) mass is 208 g/mol. The van der Waals surface area contributed by atoms with Gasteiger partial charge in [-0.1, -0.05) is 13.3 Å². The Labute approximate surface area is 89.6 Å². The van der Waals surface area contributed by atoms with Crippen LogP contribution in [0.2, 0.25) is 0 Å². The summed E-state index contributed by atoms with van der Waals surface area (Å²) in [6.45, 7) is 2.02. The van der Waals surface area contributed by atoms with Crippen molar-refractivity contribution in [2.75, 3.05) is 0 Å². The molecule has 0 radical (unpaired) electrons. The van der Waals surface area contributed by atoms with Crippen molar-refractivity contribution in [1.82, 2.24) is 5.32 Å². The van der Waals surface area contributed by atoms with Gasteiger partial charge in [0.15, 0.2) is 0 Å². The second-order valence-electron chi connectivity index (χ2n) is 2.83. The van der Waals surface area contributed by atoms with Gasteiger partial charge in [-0.3, -0.25) is 0 Å². The third-order valence-corrected chi connectivity index (χ3v) is 1.67. The smallest absolute Gasteiger partial charge is 0.131 e. The van der Waals surface area contributed by atoms with E-state index in [2.05, 4.69) is 22.5 Å². The summed E-state index contributed by atoms with van der Waals surface area (Å²) < 4.78 is 0. The summed E-state index contributed by atoms with van der Waals surface area (Å²) >= 11 is 0. The van der Waals surface area contributed by atoms with Crippen LogP contribution < -0.4 is 16.8 Å². The predicted octanol–water partition coefficient (Wildman–Crippen LogP) is -0.452. The summed E-state index contributed by atoms with van der Waals surface area (Å²) in [5.74, 6) is 0.446. The van der Waals surface area contributed by atoms with Crippen LogP contribution >= 0.6 is 0 Å². The van der Waals surface area contributed by atoms with Gasteiger partial charge in [-0.15, -0.1) is 0 Å². The molecule has 1 rings (SSSR count). The normalized spacial score (nSPS) is 25.8. The minimum atomic E-state index is -0.335. The molecule has 0 aromatic carbocycles. The van der Waals surface area contributed by atoms with E-state index < -0.39 is 0 Å². The Bertz CT molecular complexity index is 290. The zero-order valence-electron chi connectivity index (χ0n) is 8.68. The third kappa shape index (κ3) is 4.84. The number of carbonyl (C=O) groups excluding carboxylic acids is 1. The minimum absolute atomic E-state index is 0.306. The average molecular weight is 208 g/mol. The van der Waals surface area contributed by atoms with Crippen LogP contribution in [0.4, 0.5) is 0 Å². The van der Waals surface area contributed by atoms with E-state index in [-0.39, 0.29) is 12.1 Å². The highest BCUT2D eigenvalue weighted by Crippen LogP contribution is 2.05.